The molecule has 0 aliphatic carbocycles. The van der Waals surface area contributed by atoms with Crippen LogP contribution in [0.15, 0.2) is 35.6 Å². The fraction of sp³-hybridized carbons (Fsp3) is 0.542. The highest BCUT2D eigenvalue weighted by Gasteiger charge is 2.28. The Morgan fingerprint density at radius 1 is 1.10 bits per heavy atom. The highest BCUT2D eigenvalue weighted by atomic mass is 32.2. The quantitative estimate of drug-likeness (QED) is 0.658. The Morgan fingerprint density at radius 2 is 1.77 bits per heavy atom. The van der Waals surface area contributed by atoms with Gasteiger partial charge in [0.2, 0.25) is 0 Å². The largest absolute Gasteiger partial charge is 0.378 e. The molecule has 6 nitrogen and oxygen atoms in total. The number of hydrogen-bond donors (Lipinski definition) is 0. The maximum atomic E-state index is 12.9. The first-order valence-electron chi connectivity index (χ1n) is 11.4. The third-order valence-electron chi connectivity index (χ3n) is 5.83. The zero-order valence-corrected chi connectivity index (χ0v) is 20.3. The first-order chi connectivity index (χ1) is 15.1. The molecule has 2 aliphatic rings. The van der Waals surface area contributed by atoms with E-state index in [1.165, 1.54) is 18.4 Å². The summed E-state index contributed by atoms with van der Waals surface area (Å²) in [5.41, 5.74) is 3.15. The van der Waals surface area contributed by atoms with E-state index in [0.717, 1.165) is 54.7 Å². The van der Waals surface area contributed by atoms with Crippen LogP contribution in [0.25, 0.3) is 0 Å². The van der Waals surface area contributed by atoms with Gasteiger partial charge in [-0.2, -0.15) is 0 Å². The number of piperazine rings is 1. The number of amides is 1. The van der Waals surface area contributed by atoms with Gasteiger partial charge in [0, 0.05) is 62.3 Å². The third-order valence-corrected chi connectivity index (χ3v) is 7.31. The molecule has 1 fully saturated rings. The molecule has 1 aromatic heterocycles. The van der Waals surface area contributed by atoms with Crippen molar-refractivity contribution in [3.05, 3.63) is 41.7 Å². The van der Waals surface area contributed by atoms with Crippen molar-refractivity contribution < 1.29 is 4.79 Å². The summed E-state index contributed by atoms with van der Waals surface area (Å²) < 4.78 is 0. The fourth-order valence-corrected chi connectivity index (χ4v) is 5.16. The van der Waals surface area contributed by atoms with Crippen LogP contribution in [0.1, 0.15) is 49.5 Å². The van der Waals surface area contributed by atoms with E-state index in [0.29, 0.717) is 5.25 Å². The molecule has 1 unspecified atom stereocenters. The number of anilines is 2. The van der Waals surface area contributed by atoms with Crippen molar-refractivity contribution >= 4 is 29.2 Å². The van der Waals surface area contributed by atoms with Gasteiger partial charge in [0.25, 0.3) is 5.91 Å². The van der Waals surface area contributed by atoms with Gasteiger partial charge in [-0.3, -0.25) is 4.79 Å². The Labute approximate surface area is 191 Å². The van der Waals surface area contributed by atoms with Crippen LogP contribution in [0.5, 0.6) is 0 Å². The highest BCUT2D eigenvalue weighted by Crippen LogP contribution is 2.38. The normalized spacial score (nSPS) is 18.0. The van der Waals surface area contributed by atoms with E-state index in [2.05, 4.69) is 21.8 Å². The maximum absolute atomic E-state index is 12.9. The monoisotopic (exact) mass is 441 g/mol. The van der Waals surface area contributed by atoms with Gasteiger partial charge in [-0.25, -0.2) is 9.97 Å². The molecule has 2 aromatic rings. The minimum atomic E-state index is 0.112. The van der Waals surface area contributed by atoms with Gasteiger partial charge in [0.05, 0.1) is 0 Å². The van der Waals surface area contributed by atoms with E-state index < -0.39 is 0 Å². The molecule has 2 aliphatic heterocycles. The Bertz CT molecular complexity index is 863. The standard InChI is InChI=1S/C22H29N5OS.C2H6/c1-4-18-9-10-19-20(23-15-24-21(19)29-18)26-11-13-27(14-12-26)22(28)16-5-7-17(8-6-16)25(2)3;1-2/h5-8,15,18H,4,9-14H2,1-3H3;1-2H3. The SMILES string of the molecule is CC.CCC1CCc2c(ncnc2N2CCN(C(=O)c3ccc(N(C)C)cc3)CC2)S1. The number of benzene rings is 1. The molecule has 7 heteroatoms. The molecule has 31 heavy (non-hydrogen) atoms. The molecule has 0 spiro atoms. The minimum Gasteiger partial charge on any atom is -0.378 e. The lowest BCUT2D eigenvalue weighted by Crippen LogP contribution is -2.49. The Kier molecular flexibility index (Phi) is 8.18. The molecule has 1 aromatic carbocycles. The number of hydrogen-bond acceptors (Lipinski definition) is 6. The summed E-state index contributed by atoms with van der Waals surface area (Å²) in [5, 5.41) is 1.81. The van der Waals surface area contributed by atoms with Crippen LogP contribution in [0.4, 0.5) is 11.5 Å². The molecule has 0 radical (unpaired) electrons. The number of carbonyl (C=O) groups excluding carboxylic acids is 1. The van der Waals surface area contributed by atoms with Gasteiger partial charge in [0.1, 0.15) is 17.2 Å². The van der Waals surface area contributed by atoms with E-state index in [1.54, 1.807) is 6.33 Å². The summed E-state index contributed by atoms with van der Waals surface area (Å²) in [6, 6.07) is 7.84. The molecule has 0 saturated carbocycles. The van der Waals surface area contributed by atoms with Gasteiger partial charge < -0.3 is 14.7 Å². The summed E-state index contributed by atoms with van der Waals surface area (Å²) in [5.74, 6) is 1.18. The summed E-state index contributed by atoms with van der Waals surface area (Å²) in [4.78, 5) is 28.4. The molecular formula is C24H35N5OS. The molecule has 1 saturated heterocycles. The van der Waals surface area contributed by atoms with Crippen molar-refractivity contribution in [1.29, 1.82) is 0 Å². The van der Waals surface area contributed by atoms with Crippen molar-refractivity contribution in [2.45, 2.75) is 50.3 Å². The third kappa shape index (κ3) is 5.32. The second kappa shape index (κ2) is 10.8. The molecule has 1 amide bonds. The van der Waals surface area contributed by atoms with Crippen LogP contribution in [-0.2, 0) is 6.42 Å². The summed E-state index contributed by atoms with van der Waals surface area (Å²) in [6.07, 6.45) is 5.12. The van der Waals surface area contributed by atoms with E-state index in [1.807, 2.05) is 73.8 Å². The predicted molar refractivity (Wildman–Crippen MR) is 131 cm³/mol. The van der Waals surface area contributed by atoms with Gasteiger partial charge in [-0.1, -0.05) is 20.8 Å². The molecule has 3 heterocycles. The fourth-order valence-electron chi connectivity index (χ4n) is 4.00. The lowest BCUT2D eigenvalue weighted by molar-refractivity contribution is 0.0746. The smallest absolute Gasteiger partial charge is 0.253 e. The van der Waals surface area contributed by atoms with E-state index in [9.17, 15) is 4.79 Å². The topological polar surface area (TPSA) is 52.6 Å². The van der Waals surface area contributed by atoms with Crippen LogP contribution in [0.2, 0.25) is 0 Å². The predicted octanol–water partition coefficient (Wildman–Crippen LogP) is 4.35. The number of aromatic nitrogens is 2. The second-order valence-electron chi connectivity index (χ2n) is 7.89. The zero-order valence-electron chi connectivity index (χ0n) is 19.5. The van der Waals surface area contributed by atoms with Crippen LogP contribution in [0, 0.1) is 0 Å². The van der Waals surface area contributed by atoms with Crippen molar-refractivity contribution in [3.8, 4) is 0 Å². The number of fused-ring (bicyclic) bond motifs is 1. The van der Waals surface area contributed by atoms with Crippen molar-refractivity contribution in [2.24, 2.45) is 0 Å². The lowest BCUT2D eigenvalue weighted by Gasteiger charge is -2.37. The zero-order chi connectivity index (χ0) is 22.4. The summed E-state index contributed by atoms with van der Waals surface area (Å²) >= 11 is 1.90. The highest BCUT2D eigenvalue weighted by molar-refractivity contribution is 8.00. The Balaban J connectivity index is 0.00000132. The van der Waals surface area contributed by atoms with E-state index in [-0.39, 0.29) is 5.91 Å². The molecular weight excluding hydrogens is 406 g/mol. The number of carbonyl (C=O) groups is 1. The number of nitrogens with zero attached hydrogens (tertiary/aromatic N) is 5. The van der Waals surface area contributed by atoms with Crippen LogP contribution >= 0.6 is 11.8 Å². The first-order valence-corrected chi connectivity index (χ1v) is 12.3. The van der Waals surface area contributed by atoms with E-state index in [4.69, 9.17) is 0 Å². The van der Waals surface area contributed by atoms with Crippen LogP contribution < -0.4 is 9.80 Å². The first kappa shape index (κ1) is 23.4. The van der Waals surface area contributed by atoms with E-state index >= 15 is 0 Å². The van der Waals surface area contributed by atoms with Crippen molar-refractivity contribution in [1.82, 2.24) is 14.9 Å². The maximum Gasteiger partial charge on any atom is 0.253 e. The molecule has 1 atom stereocenters. The van der Waals surface area contributed by atoms with Crippen molar-refractivity contribution in [2.75, 3.05) is 50.1 Å². The molecule has 0 bridgehead atoms. The molecule has 0 N–H and O–H groups in total. The minimum absolute atomic E-state index is 0.112. The Hall–Kier alpha value is -2.28. The molecule has 4 rings (SSSR count). The second-order valence-corrected chi connectivity index (χ2v) is 9.18. The summed E-state index contributed by atoms with van der Waals surface area (Å²) in [7, 11) is 4.01. The van der Waals surface area contributed by atoms with Gasteiger partial charge in [-0.15, -0.1) is 11.8 Å². The Morgan fingerprint density at radius 3 is 2.39 bits per heavy atom. The van der Waals surface area contributed by atoms with Gasteiger partial charge >= 0.3 is 0 Å². The van der Waals surface area contributed by atoms with Gasteiger partial charge in [-0.05, 0) is 43.5 Å². The van der Waals surface area contributed by atoms with Crippen molar-refractivity contribution in [3.63, 3.8) is 0 Å². The number of thioether (sulfide) groups is 1. The number of rotatable bonds is 4. The van der Waals surface area contributed by atoms with Crippen LogP contribution in [-0.4, -0.2) is 66.3 Å². The van der Waals surface area contributed by atoms with Crippen LogP contribution in [0.3, 0.4) is 0 Å². The summed E-state index contributed by atoms with van der Waals surface area (Å²) in [6.45, 7) is 9.31. The van der Waals surface area contributed by atoms with Gasteiger partial charge in [0.15, 0.2) is 0 Å². The average molecular weight is 442 g/mol. The molecule has 168 valence electrons. The lowest BCUT2D eigenvalue weighted by atomic mass is 10.1. The average Bonchev–Trinajstić information content (AvgIpc) is 2.84.